The van der Waals surface area contributed by atoms with Gasteiger partial charge in [-0.15, -0.1) is 0 Å². The molecular weight excluding hydrogens is 282 g/mol. The molecule has 2 rings (SSSR count). The van der Waals surface area contributed by atoms with Gasteiger partial charge in [-0.25, -0.2) is 0 Å². The third-order valence-electron chi connectivity index (χ3n) is 5.22. The fourth-order valence-corrected chi connectivity index (χ4v) is 3.96. The molecule has 122 valence electrons. The molecule has 0 aromatic carbocycles. The normalized spacial score (nSPS) is 26.3. The summed E-state index contributed by atoms with van der Waals surface area (Å²) in [5, 5.41) is 3.07. The van der Waals surface area contributed by atoms with Crippen LogP contribution in [0.25, 0.3) is 0 Å². The van der Waals surface area contributed by atoms with Crippen LogP contribution in [0.3, 0.4) is 0 Å². The van der Waals surface area contributed by atoms with Gasteiger partial charge >= 0.3 is 0 Å². The van der Waals surface area contributed by atoms with Crippen LogP contribution in [0.5, 0.6) is 0 Å². The molecule has 1 heterocycles. The molecule has 5 nitrogen and oxygen atoms in total. The topological polar surface area (TPSA) is 68.5 Å². The summed E-state index contributed by atoms with van der Waals surface area (Å²) in [5.74, 6) is 0.173. The molecule has 0 radical (unpaired) electrons. The van der Waals surface area contributed by atoms with Gasteiger partial charge in [-0.1, -0.05) is 20.8 Å². The van der Waals surface area contributed by atoms with Crippen molar-refractivity contribution in [3.8, 4) is 0 Å². The van der Waals surface area contributed by atoms with Crippen molar-refractivity contribution in [3.05, 3.63) is 23.7 Å². The maximum Gasteiger partial charge on any atom is 0.287 e. The quantitative estimate of drug-likeness (QED) is 0.820. The van der Waals surface area contributed by atoms with Crippen LogP contribution in [-0.4, -0.2) is 30.9 Å². The molecule has 0 aliphatic heterocycles. The second kappa shape index (κ2) is 6.24. The molecule has 5 heteroatoms. The van der Waals surface area contributed by atoms with Crippen LogP contribution in [0.4, 0.5) is 0 Å². The zero-order chi connectivity index (χ0) is 16.5. The van der Waals surface area contributed by atoms with E-state index < -0.39 is 0 Å². The van der Waals surface area contributed by atoms with Crippen molar-refractivity contribution in [3.63, 3.8) is 0 Å². The Balaban J connectivity index is 2.14. The largest absolute Gasteiger partial charge is 0.448 e. The predicted molar refractivity (Wildman–Crippen MR) is 82.9 cm³/mol. The van der Waals surface area contributed by atoms with E-state index in [1.165, 1.54) is 13.0 Å². The molecule has 1 aromatic rings. The van der Waals surface area contributed by atoms with Gasteiger partial charge in [0.1, 0.15) is 0 Å². The summed E-state index contributed by atoms with van der Waals surface area (Å²) in [4.78, 5) is 23.6. The first-order valence-corrected chi connectivity index (χ1v) is 7.85. The first kappa shape index (κ1) is 16.7. The third kappa shape index (κ3) is 2.47. The lowest BCUT2D eigenvalue weighted by Crippen LogP contribution is -2.69. The minimum absolute atomic E-state index is 0.0418. The number of carbonyl (C=O) groups excluding carboxylic acids is 2. The number of ketones is 1. The number of hydrogen-bond acceptors (Lipinski definition) is 4. The van der Waals surface area contributed by atoms with Gasteiger partial charge < -0.3 is 14.5 Å². The molecule has 1 aromatic heterocycles. The number of Topliss-reactive ketones (excluding diaryl/α,β-unsaturated/α-hetero) is 1. The van der Waals surface area contributed by atoms with Crippen LogP contribution in [0.2, 0.25) is 0 Å². The second-order valence-corrected chi connectivity index (χ2v) is 6.13. The first-order chi connectivity index (χ1) is 10.4. The summed E-state index contributed by atoms with van der Waals surface area (Å²) in [6.45, 7) is 7.76. The van der Waals surface area contributed by atoms with Crippen molar-refractivity contribution >= 4 is 11.7 Å². The fourth-order valence-electron chi connectivity index (χ4n) is 3.96. The summed E-state index contributed by atoms with van der Waals surface area (Å²) in [6.07, 6.45) is 2.03. The van der Waals surface area contributed by atoms with Crippen LogP contribution >= 0.6 is 0 Å². The standard InChI is InChI=1S/C17H25NO4/c1-6-17(7-2)14(10(3)15(17)21-5)18-16(20)13-9-8-12(22-13)11(4)19/h8-10,14-15H,6-7H2,1-5H3,(H,18,20). The van der Waals surface area contributed by atoms with E-state index in [9.17, 15) is 9.59 Å². The Hall–Kier alpha value is -1.62. The smallest absolute Gasteiger partial charge is 0.287 e. The van der Waals surface area contributed by atoms with E-state index >= 15 is 0 Å². The number of amides is 1. The highest BCUT2D eigenvalue weighted by Gasteiger charge is 2.59. The van der Waals surface area contributed by atoms with Gasteiger partial charge in [-0.3, -0.25) is 9.59 Å². The van der Waals surface area contributed by atoms with E-state index in [0.29, 0.717) is 0 Å². The van der Waals surface area contributed by atoms with Crippen molar-refractivity contribution in [2.24, 2.45) is 11.3 Å². The predicted octanol–water partition coefficient (Wildman–Crippen LogP) is 3.05. The molecular formula is C17H25NO4. The Morgan fingerprint density at radius 2 is 1.86 bits per heavy atom. The molecule has 22 heavy (non-hydrogen) atoms. The average molecular weight is 307 g/mol. The number of furan rings is 1. The van der Waals surface area contributed by atoms with Crippen LogP contribution in [0, 0.1) is 11.3 Å². The molecule has 1 aliphatic rings. The van der Waals surface area contributed by atoms with Gasteiger partial charge in [0, 0.05) is 31.4 Å². The van der Waals surface area contributed by atoms with E-state index in [1.54, 1.807) is 13.2 Å². The lowest BCUT2D eigenvalue weighted by atomic mass is 9.53. The SMILES string of the molecule is CCC1(CC)C(NC(=O)c2ccc(C(C)=O)o2)C(C)C1OC. The summed E-state index contributed by atoms with van der Waals surface area (Å²) >= 11 is 0. The van der Waals surface area contributed by atoms with Gasteiger partial charge in [-0.05, 0) is 25.0 Å². The van der Waals surface area contributed by atoms with Gasteiger partial charge in [0.25, 0.3) is 5.91 Å². The molecule has 0 saturated heterocycles. The van der Waals surface area contributed by atoms with Gasteiger partial charge in [0.05, 0.1) is 6.10 Å². The van der Waals surface area contributed by atoms with Crippen molar-refractivity contribution in [1.82, 2.24) is 5.32 Å². The Morgan fingerprint density at radius 1 is 1.27 bits per heavy atom. The Labute approximate surface area is 131 Å². The van der Waals surface area contributed by atoms with E-state index in [4.69, 9.17) is 9.15 Å². The molecule has 1 N–H and O–H groups in total. The summed E-state index contributed by atoms with van der Waals surface area (Å²) in [7, 11) is 1.73. The molecule has 3 unspecified atom stereocenters. The van der Waals surface area contributed by atoms with Crippen molar-refractivity contribution in [2.75, 3.05) is 7.11 Å². The number of carbonyl (C=O) groups is 2. The highest BCUT2D eigenvalue weighted by molar-refractivity contribution is 5.95. The van der Waals surface area contributed by atoms with Crippen LogP contribution in [-0.2, 0) is 4.74 Å². The highest BCUT2D eigenvalue weighted by atomic mass is 16.5. The van der Waals surface area contributed by atoms with E-state index in [0.717, 1.165) is 12.8 Å². The summed E-state index contributed by atoms with van der Waals surface area (Å²) in [6, 6.07) is 3.13. The Morgan fingerprint density at radius 3 is 2.32 bits per heavy atom. The zero-order valence-corrected chi connectivity index (χ0v) is 13.9. The van der Waals surface area contributed by atoms with E-state index in [2.05, 4.69) is 26.1 Å². The van der Waals surface area contributed by atoms with Gasteiger partial charge in [0.15, 0.2) is 17.3 Å². The zero-order valence-electron chi connectivity index (χ0n) is 13.9. The second-order valence-electron chi connectivity index (χ2n) is 6.13. The number of nitrogens with one attached hydrogen (secondary N) is 1. The molecule has 3 atom stereocenters. The average Bonchev–Trinajstić information content (AvgIpc) is 2.99. The number of ether oxygens (including phenoxy) is 1. The molecule has 1 aliphatic carbocycles. The van der Waals surface area contributed by atoms with E-state index in [1.807, 2.05) is 0 Å². The molecule has 0 spiro atoms. The number of methoxy groups -OCH3 is 1. The monoisotopic (exact) mass is 307 g/mol. The van der Waals surface area contributed by atoms with Crippen molar-refractivity contribution in [2.45, 2.75) is 52.7 Å². The highest BCUT2D eigenvalue weighted by Crippen LogP contribution is 2.52. The lowest BCUT2D eigenvalue weighted by Gasteiger charge is -2.59. The molecule has 1 fully saturated rings. The van der Waals surface area contributed by atoms with Crippen LogP contribution in [0.15, 0.2) is 16.5 Å². The lowest BCUT2D eigenvalue weighted by molar-refractivity contribution is -0.164. The number of rotatable bonds is 6. The molecule has 1 saturated carbocycles. The Bertz CT molecular complexity index is 559. The number of hydrogen-bond donors (Lipinski definition) is 1. The minimum atomic E-state index is -0.273. The maximum atomic E-state index is 12.4. The van der Waals surface area contributed by atoms with Gasteiger partial charge in [-0.2, -0.15) is 0 Å². The Kier molecular flexibility index (Phi) is 4.75. The van der Waals surface area contributed by atoms with Crippen molar-refractivity contribution in [1.29, 1.82) is 0 Å². The van der Waals surface area contributed by atoms with Gasteiger partial charge in [0.2, 0.25) is 0 Å². The van der Waals surface area contributed by atoms with Crippen LogP contribution in [0.1, 0.15) is 61.6 Å². The fraction of sp³-hybridized carbons (Fsp3) is 0.647. The summed E-state index contributed by atoms with van der Waals surface area (Å²) in [5.41, 5.74) is -0.0418. The first-order valence-electron chi connectivity index (χ1n) is 7.85. The maximum absolute atomic E-state index is 12.4. The minimum Gasteiger partial charge on any atom is -0.448 e. The van der Waals surface area contributed by atoms with E-state index in [-0.39, 0.29) is 46.7 Å². The molecule has 0 bridgehead atoms. The molecule has 1 amide bonds. The van der Waals surface area contributed by atoms with Crippen molar-refractivity contribution < 1.29 is 18.7 Å². The summed E-state index contributed by atoms with van der Waals surface area (Å²) < 4.78 is 10.9. The van der Waals surface area contributed by atoms with Crippen LogP contribution < -0.4 is 5.32 Å². The third-order valence-corrected chi connectivity index (χ3v) is 5.22.